The van der Waals surface area contributed by atoms with Crippen molar-refractivity contribution in [2.75, 3.05) is 0 Å². The number of Topliss-reactive ketones (excluding diaryl/α,β-unsaturated/α-hetero) is 2. The fraction of sp³-hybridized carbons (Fsp3) is 0.111. The Hall–Kier alpha value is -2.28. The van der Waals surface area contributed by atoms with E-state index >= 15 is 0 Å². The van der Waals surface area contributed by atoms with Crippen LogP contribution in [0.4, 0.5) is 0 Å². The van der Waals surface area contributed by atoms with Gasteiger partial charge in [-0.1, -0.05) is 56.1 Å². The first-order valence-corrected chi connectivity index (χ1v) is 8.44. The molecule has 0 heterocycles. The van der Waals surface area contributed by atoms with Gasteiger partial charge in [0.15, 0.2) is 0 Å². The van der Waals surface area contributed by atoms with Crippen molar-refractivity contribution in [1.82, 2.24) is 0 Å². The van der Waals surface area contributed by atoms with Crippen LogP contribution < -0.4 is 0 Å². The lowest BCUT2D eigenvalue weighted by atomic mass is 9.86. The molecule has 0 fully saturated rings. The van der Waals surface area contributed by atoms with E-state index in [4.69, 9.17) is 0 Å². The molecule has 118 valence electrons. The smallest absolute Gasteiger partial charge is 0.221 e. The predicted molar refractivity (Wildman–Crippen MR) is 95.0 cm³/mol. The molecule has 0 bridgehead atoms. The predicted octanol–water partition coefficient (Wildman–Crippen LogP) is 4.26. The number of nitrogens with zero attached hydrogens (tertiary/aromatic N) is 2. The van der Waals surface area contributed by atoms with Crippen LogP contribution in [0.5, 0.6) is 0 Å². The van der Waals surface area contributed by atoms with Crippen molar-refractivity contribution in [1.29, 1.82) is 10.5 Å². The summed E-state index contributed by atoms with van der Waals surface area (Å²) in [5, 5.41) is 18.6. The van der Waals surface area contributed by atoms with Crippen molar-refractivity contribution < 1.29 is 9.59 Å². The number of carbonyl (C=O) groups excluding carboxylic acids is 2. The van der Waals surface area contributed by atoms with Crippen molar-refractivity contribution in [3.8, 4) is 12.1 Å². The molecule has 0 aliphatic carbocycles. The quantitative estimate of drug-likeness (QED) is 0.643. The summed E-state index contributed by atoms with van der Waals surface area (Å²) in [6.07, 6.45) is 0. The van der Waals surface area contributed by atoms with Crippen LogP contribution in [-0.2, 0) is 9.59 Å². The van der Waals surface area contributed by atoms with Gasteiger partial charge in [-0.2, -0.15) is 10.5 Å². The molecule has 24 heavy (non-hydrogen) atoms. The lowest BCUT2D eigenvalue weighted by Gasteiger charge is -2.11. The second kappa shape index (κ2) is 8.01. The van der Waals surface area contributed by atoms with Crippen molar-refractivity contribution in [3.63, 3.8) is 0 Å². The van der Waals surface area contributed by atoms with Crippen LogP contribution >= 0.6 is 31.9 Å². The number of halogens is 2. The molecule has 0 saturated carbocycles. The lowest BCUT2D eigenvalue weighted by molar-refractivity contribution is -0.137. The molecule has 2 aromatic rings. The highest BCUT2D eigenvalue weighted by Crippen LogP contribution is 2.25. The van der Waals surface area contributed by atoms with Gasteiger partial charge in [-0.15, -0.1) is 0 Å². The van der Waals surface area contributed by atoms with Crippen molar-refractivity contribution in [3.05, 3.63) is 68.6 Å². The number of nitriles is 2. The van der Waals surface area contributed by atoms with Gasteiger partial charge in [0.25, 0.3) is 0 Å². The van der Waals surface area contributed by atoms with E-state index in [2.05, 4.69) is 31.9 Å². The summed E-state index contributed by atoms with van der Waals surface area (Å²) in [6, 6.07) is 16.9. The molecule has 0 aromatic heterocycles. The Morgan fingerprint density at radius 1 is 0.708 bits per heavy atom. The average molecular weight is 446 g/mol. The largest absolute Gasteiger partial charge is 0.289 e. The molecule has 6 heteroatoms. The van der Waals surface area contributed by atoms with Gasteiger partial charge in [-0.05, 0) is 35.4 Å². The van der Waals surface area contributed by atoms with Gasteiger partial charge in [-0.3, -0.25) is 9.59 Å². The zero-order valence-corrected chi connectivity index (χ0v) is 15.4. The molecular weight excluding hydrogens is 436 g/mol. The Morgan fingerprint density at radius 2 is 1.00 bits per heavy atom. The minimum atomic E-state index is -1.23. The van der Waals surface area contributed by atoms with Gasteiger partial charge < -0.3 is 0 Å². The summed E-state index contributed by atoms with van der Waals surface area (Å²) in [7, 11) is 0. The molecule has 0 spiro atoms. The molecule has 0 aliphatic heterocycles. The Morgan fingerprint density at radius 3 is 1.25 bits per heavy atom. The maximum absolute atomic E-state index is 12.5. The first kappa shape index (κ1) is 18.1. The molecular formula is C18H10Br2N2O2. The third-order valence-electron chi connectivity index (χ3n) is 3.43. The van der Waals surface area contributed by atoms with Crippen LogP contribution in [-0.4, -0.2) is 11.6 Å². The molecule has 0 radical (unpaired) electrons. The SMILES string of the molecule is N#C[C@H](C(=O)C(=O)[C@H](C#N)c1ccc(Br)cc1)c1ccc(Br)cc1. The molecule has 2 aromatic carbocycles. The minimum absolute atomic E-state index is 0.423. The van der Waals surface area contributed by atoms with E-state index < -0.39 is 23.4 Å². The third kappa shape index (κ3) is 3.97. The number of rotatable bonds is 5. The number of benzene rings is 2. The van der Waals surface area contributed by atoms with E-state index in [1.807, 2.05) is 12.1 Å². The van der Waals surface area contributed by atoms with E-state index in [1.54, 1.807) is 48.5 Å². The Bertz CT molecular complexity index is 773. The summed E-state index contributed by atoms with van der Waals surface area (Å²) in [5.41, 5.74) is 0.845. The normalized spacial score (nSPS) is 12.5. The van der Waals surface area contributed by atoms with E-state index in [0.717, 1.165) is 8.95 Å². The number of carbonyl (C=O) groups is 2. The molecule has 0 N–H and O–H groups in total. The summed E-state index contributed by atoms with van der Waals surface area (Å²) in [4.78, 5) is 24.9. The fourth-order valence-electron chi connectivity index (χ4n) is 2.16. The minimum Gasteiger partial charge on any atom is -0.289 e. The van der Waals surface area contributed by atoms with E-state index in [0.29, 0.717) is 11.1 Å². The fourth-order valence-corrected chi connectivity index (χ4v) is 2.69. The standard InChI is InChI=1S/C18H10Br2N2O2/c19-13-5-1-11(2-6-13)15(9-21)17(23)18(24)16(10-22)12-3-7-14(20)8-4-12/h1-8,15-16H/t15-,16+. The summed E-state index contributed by atoms with van der Waals surface area (Å²) in [6.45, 7) is 0. The number of ketones is 2. The summed E-state index contributed by atoms with van der Waals surface area (Å²) < 4.78 is 1.60. The monoisotopic (exact) mass is 444 g/mol. The van der Waals surface area contributed by atoms with Crippen LogP contribution in [0.15, 0.2) is 57.5 Å². The van der Waals surface area contributed by atoms with E-state index in [9.17, 15) is 20.1 Å². The van der Waals surface area contributed by atoms with E-state index in [1.165, 1.54) is 0 Å². The van der Waals surface area contributed by atoms with Gasteiger partial charge in [0, 0.05) is 8.95 Å². The molecule has 0 unspecified atom stereocenters. The molecule has 0 aliphatic rings. The van der Waals surface area contributed by atoms with Crippen molar-refractivity contribution in [2.45, 2.75) is 11.8 Å². The maximum Gasteiger partial charge on any atom is 0.221 e. The molecule has 0 amide bonds. The molecule has 2 rings (SSSR count). The highest BCUT2D eigenvalue weighted by molar-refractivity contribution is 9.10. The lowest BCUT2D eigenvalue weighted by Crippen LogP contribution is -2.26. The highest BCUT2D eigenvalue weighted by Gasteiger charge is 2.33. The van der Waals surface area contributed by atoms with Crippen LogP contribution in [0.3, 0.4) is 0 Å². The Labute approximate surface area is 156 Å². The first-order chi connectivity index (χ1) is 11.5. The van der Waals surface area contributed by atoms with Crippen LogP contribution in [0.2, 0.25) is 0 Å². The summed E-state index contributed by atoms with van der Waals surface area (Å²) in [5.74, 6) is -4.21. The zero-order chi connectivity index (χ0) is 17.7. The topological polar surface area (TPSA) is 81.7 Å². The Balaban J connectivity index is 2.30. The third-order valence-corrected chi connectivity index (χ3v) is 4.49. The zero-order valence-electron chi connectivity index (χ0n) is 12.2. The van der Waals surface area contributed by atoms with Gasteiger partial charge in [0.2, 0.25) is 11.6 Å². The number of hydrogen-bond acceptors (Lipinski definition) is 4. The van der Waals surface area contributed by atoms with Crippen LogP contribution in [0.1, 0.15) is 23.0 Å². The van der Waals surface area contributed by atoms with Crippen molar-refractivity contribution in [2.24, 2.45) is 0 Å². The first-order valence-electron chi connectivity index (χ1n) is 6.86. The van der Waals surface area contributed by atoms with Gasteiger partial charge in [-0.25, -0.2) is 0 Å². The van der Waals surface area contributed by atoms with Gasteiger partial charge >= 0.3 is 0 Å². The molecule has 2 atom stereocenters. The van der Waals surface area contributed by atoms with Crippen molar-refractivity contribution >= 4 is 43.4 Å². The summed E-state index contributed by atoms with van der Waals surface area (Å²) >= 11 is 6.54. The molecule has 4 nitrogen and oxygen atoms in total. The maximum atomic E-state index is 12.5. The highest BCUT2D eigenvalue weighted by atomic mass is 79.9. The van der Waals surface area contributed by atoms with Gasteiger partial charge in [0.1, 0.15) is 11.8 Å². The van der Waals surface area contributed by atoms with Crippen LogP contribution in [0.25, 0.3) is 0 Å². The van der Waals surface area contributed by atoms with Crippen LogP contribution in [0, 0.1) is 22.7 Å². The molecule has 0 saturated heterocycles. The van der Waals surface area contributed by atoms with E-state index in [-0.39, 0.29) is 0 Å². The second-order valence-corrected chi connectivity index (χ2v) is 6.79. The Kier molecular flexibility index (Phi) is 6.03. The number of hydrogen-bond donors (Lipinski definition) is 0. The average Bonchev–Trinajstić information content (AvgIpc) is 2.59. The second-order valence-electron chi connectivity index (χ2n) is 4.96. The van der Waals surface area contributed by atoms with Gasteiger partial charge in [0.05, 0.1) is 12.1 Å².